The van der Waals surface area contributed by atoms with Gasteiger partial charge >= 0.3 is 0 Å². The summed E-state index contributed by atoms with van der Waals surface area (Å²) in [4.78, 5) is 8.17. The number of aromatic nitrogens is 2. The van der Waals surface area contributed by atoms with E-state index in [0.29, 0.717) is 5.92 Å². The molecule has 2 aliphatic rings. The van der Waals surface area contributed by atoms with Crippen LogP contribution in [-0.2, 0) is 0 Å². The SMILES string of the molecule is C1=C(c2cncnc2)C[C@H]2CNC[C@@H]1C2. The van der Waals surface area contributed by atoms with Gasteiger partial charge in [-0.1, -0.05) is 6.08 Å². The second kappa shape index (κ2) is 3.74. The Morgan fingerprint density at radius 3 is 2.87 bits per heavy atom. The molecule has 0 unspecified atom stereocenters. The van der Waals surface area contributed by atoms with Crippen LogP contribution < -0.4 is 5.32 Å². The van der Waals surface area contributed by atoms with Crippen molar-refractivity contribution in [1.82, 2.24) is 15.3 Å². The van der Waals surface area contributed by atoms with Gasteiger partial charge in [0.2, 0.25) is 0 Å². The highest BCUT2D eigenvalue weighted by molar-refractivity contribution is 5.65. The molecule has 2 bridgehead atoms. The number of hydrogen-bond donors (Lipinski definition) is 1. The molecule has 3 rings (SSSR count). The van der Waals surface area contributed by atoms with Gasteiger partial charge in [-0.2, -0.15) is 0 Å². The summed E-state index contributed by atoms with van der Waals surface area (Å²) in [7, 11) is 0. The fourth-order valence-electron chi connectivity index (χ4n) is 2.69. The van der Waals surface area contributed by atoms with E-state index in [-0.39, 0.29) is 0 Å². The molecule has 0 radical (unpaired) electrons. The van der Waals surface area contributed by atoms with Gasteiger partial charge in [-0.25, -0.2) is 9.97 Å². The summed E-state index contributed by atoms with van der Waals surface area (Å²) in [6.07, 6.45) is 10.4. The first-order valence-electron chi connectivity index (χ1n) is 5.58. The molecule has 3 heteroatoms. The fraction of sp³-hybridized carbons (Fsp3) is 0.500. The first-order chi connectivity index (χ1) is 7.42. The summed E-state index contributed by atoms with van der Waals surface area (Å²) < 4.78 is 0. The molecule has 0 spiro atoms. The summed E-state index contributed by atoms with van der Waals surface area (Å²) in [5.74, 6) is 1.52. The molecule has 1 N–H and O–H groups in total. The van der Waals surface area contributed by atoms with Crippen LogP contribution in [-0.4, -0.2) is 23.1 Å². The lowest BCUT2D eigenvalue weighted by atomic mass is 9.78. The zero-order chi connectivity index (χ0) is 10.1. The van der Waals surface area contributed by atoms with Crippen LogP contribution in [0.1, 0.15) is 18.4 Å². The van der Waals surface area contributed by atoms with E-state index in [0.717, 1.165) is 12.5 Å². The normalized spacial score (nSPS) is 29.7. The first-order valence-corrected chi connectivity index (χ1v) is 5.58. The van der Waals surface area contributed by atoms with E-state index in [2.05, 4.69) is 21.4 Å². The average molecular weight is 201 g/mol. The predicted octanol–water partition coefficient (Wildman–Crippen LogP) is 1.49. The molecule has 0 aromatic carbocycles. The van der Waals surface area contributed by atoms with Crippen molar-refractivity contribution in [2.75, 3.05) is 13.1 Å². The van der Waals surface area contributed by atoms with Crippen LogP contribution in [0.4, 0.5) is 0 Å². The molecule has 0 amide bonds. The Morgan fingerprint density at radius 1 is 1.20 bits per heavy atom. The van der Waals surface area contributed by atoms with Gasteiger partial charge in [-0.05, 0) is 36.8 Å². The van der Waals surface area contributed by atoms with Crippen LogP contribution in [0.5, 0.6) is 0 Å². The third kappa shape index (κ3) is 1.79. The van der Waals surface area contributed by atoms with Gasteiger partial charge in [0, 0.05) is 24.5 Å². The van der Waals surface area contributed by atoms with Gasteiger partial charge in [0.25, 0.3) is 0 Å². The Labute approximate surface area is 89.6 Å². The van der Waals surface area contributed by atoms with E-state index in [9.17, 15) is 0 Å². The number of piperidine rings is 1. The third-order valence-corrected chi connectivity index (χ3v) is 3.35. The zero-order valence-corrected chi connectivity index (χ0v) is 8.69. The number of fused-ring (bicyclic) bond motifs is 2. The number of nitrogens with zero attached hydrogens (tertiary/aromatic N) is 2. The maximum Gasteiger partial charge on any atom is 0.115 e. The summed E-state index contributed by atoms with van der Waals surface area (Å²) in [6, 6.07) is 0. The molecule has 2 atom stereocenters. The highest BCUT2D eigenvalue weighted by atomic mass is 14.9. The third-order valence-electron chi connectivity index (χ3n) is 3.35. The van der Waals surface area contributed by atoms with Crippen LogP contribution in [0.2, 0.25) is 0 Å². The molecular weight excluding hydrogens is 186 g/mol. The average Bonchev–Trinajstić information content (AvgIpc) is 2.30. The molecule has 1 saturated heterocycles. The van der Waals surface area contributed by atoms with Gasteiger partial charge in [-0.15, -0.1) is 0 Å². The quantitative estimate of drug-likeness (QED) is 0.748. The van der Waals surface area contributed by atoms with Crippen molar-refractivity contribution >= 4 is 5.57 Å². The van der Waals surface area contributed by atoms with Gasteiger partial charge < -0.3 is 5.32 Å². The van der Waals surface area contributed by atoms with E-state index in [4.69, 9.17) is 0 Å². The van der Waals surface area contributed by atoms with Crippen molar-refractivity contribution in [2.45, 2.75) is 12.8 Å². The van der Waals surface area contributed by atoms with Gasteiger partial charge in [-0.3, -0.25) is 0 Å². The van der Waals surface area contributed by atoms with Crippen molar-refractivity contribution < 1.29 is 0 Å². The monoisotopic (exact) mass is 201 g/mol. The highest BCUT2D eigenvalue weighted by Crippen LogP contribution is 2.34. The Hall–Kier alpha value is -1.22. The van der Waals surface area contributed by atoms with E-state index in [1.807, 2.05) is 12.4 Å². The molecule has 3 nitrogen and oxygen atoms in total. The molecule has 1 aliphatic carbocycles. The Kier molecular flexibility index (Phi) is 2.25. The van der Waals surface area contributed by atoms with E-state index in [1.54, 1.807) is 6.33 Å². The lowest BCUT2D eigenvalue weighted by molar-refractivity contribution is 0.316. The molecule has 0 saturated carbocycles. The number of rotatable bonds is 1. The molecule has 1 fully saturated rings. The van der Waals surface area contributed by atoms with Crippen LogP contribution in [0.25, 0.3) is 5.57 Å². The predicted molar refractivity (Wildman–Crippen MR) is 59.1 cm³/mol. The number of allylic oxidation sites excluding steroid dienone is 1. The minimum Gasteiger partial charge on any atom is -0.316 e. The van der Waals surface area contributed by atoms with E-state index < -0.39 is 0 Å². The summed E-state index contributed by atoms with van der Waals surface area (Å²) >= 11 is 0. The maximum absolute atomic E-state index is 4.09. The fourth-order valence-corrected chi connectivity index (χ4v) is 2.69. The number of nitrogens with one attached hydrogen (secondary N) is 1. The Morgan fingerprint density at radius 2 is 2.07 bits per heavy atom. The Balaban J connectivity index is 1.91. The van der Waals surface area contributed by atoms with Gasteiger partial charge in [0.15, 0.2) is 0 Å². The van der Waals surface area contributed by atoms with E-state index in [1.165, 1.54) is 30.5 Å². The molecular formula is C12H15N3. The van der Waals surface area contributed by atoms with Crippen LogP contribution >= 0.6 is 0 Å². The lowest BCUT2D eigenvalue weighted by Gasteiger charge is -2.34. The van der Waals surface area contributed by atoms with Crippen molar-refractivity contribution in [3.63, 3.8) is 0 Å². The standard InChI is InChI=1S/C12H15N3/c1-9-2-11(3-10(1)5-13-4-9)12-6-14-8-15-7-12/h2,6-10,13H,1,3-5H2/t9-,10+/m1/s1. The van der Waals surface area contributed by atoms with Crippen molar-refractivity contribution in [3.05, 3.63) is 30.4 Å². The first kappa shape index (κ1) is 9.04. The van der Waals surface area contributed by atoms with Crippen molar-refractivity contribution in [2.24, 2.45) is 11.8 Å². The Bertz CT molecular complexity index is 372. The van der Waals surface area contributed by atoms with Gasteiger partial charge in [0.1, 0.15) is 6.33 Å². The van der Waals surface area contributed by atoms with Crippen LogP contribution in [0.3, 0.4) is 0 Å². The minimum absolute atomic E-state index is 0.715. The maximum atomic E-state index is 4.09. The second-order valence-corrected chi connectivity index (χ2v) is 4.54. The molecule has 1 aromatic heterocycles. The topological polar surface area (TPSA) is 37.8 Å². The van der Waals surface area contributed by atoms with Gasteiger partial charge in [0.05, 0.1) is 0 Å². The minimum atomic E-state index is 0.715. The second-order valence-electron chi connectivity index (χ2n) is 4.54. The smallest absolute Gasteiger partial charge is 0.115 e. The molecule has 1 aliphatic heterocycles. The summed E-state index contributed by atoms with van der Waals surface area (Å²) in [6.45, 7) is 2.30. The highest BCUT2D eigenvalue weighted by Gasteiger charge is 2.26. The largest absolute Gasteiger partial charge is 0.316 e. The molecule has 2 heterocycles. The van der Waals surface area contributed by atoms with Crippen LogP contribution in [0.15, 0.2) is 24.8 Å². The lowest BCUT2D eigenvalue weighted by Crippen LogP contribution is -2.37. The number of hydrogen-bond acceptors (Lipinski definition) is 3. The van der Waals surface area contributed by atoms with E-state index >= 15 is 0 Å². The molecule has 1 aromatic rings. The van der Waals surface area contributed by atoms with Crippen molar-refractivity contribution in [1.29, 1.82) is 0 Å². The van der Waals surface area contributed by atoms with Crippen molar-refractivity contribution in [3.8, 4) is 0 Å². The zero-order valence-electron chi connectivity index (χ0n) is 8.69. The molecule has 78 valence electrons. The summed E-state index contributed by atoms with van der Waals surface area (Å²) in [5.41, 5.74) is 2.65. The van der Waals surface area contributed by atoms with Crippen LogP contribution in [0, 0.1) is 11.8 Å². The summed E-state index contributed by atoms with van der Waals surface area (Å²) in [5, 5.41) is 3.48. The molecule has 15 heavy (non-hydrogen) atoms.